The van der Waals surface area contributed by atoms with E-state index >= 15 is 0 Å². The van der Waals surface area contributed by atoms with Gasteiger partial charge >= 0.3 is 0 Å². The number of pyridine rings is 1. The van der Waals surface area contributed by atoms with Gasteiger partial charge in [0.1, 0.15) is 23.5 Å². The van der Waals surface area contributed by atoms with Crippen molar-refractivity contribution < 1.29 is 4.42 Å². The van der Waals surface area contributed by atoms with Crippen molar-refractivity contribution in [3.05, 3.63) is 28.6 Å². The lowest BCUT2D eigenvalue weighted by molar-refractivity contribution is 0.613. The predicted octanol–water partition coefficient (Wildman–Crippen LogP) is 2.46. The number of halogens is 1. The number of aromatic nitrogens is 1. The van der Waals surface area contributed by atoms with Crippen LogP contribution in [0.25, 0.3) is 11.1 Å². The summed E-state index contributed by atoms with van der Waals surface area (Å²) in [5.41, 5.74) is 1.76. The molecule has 0 radical (unpaired) electrons. The molecular weight excluding hydrogens is 220 g/mol. The summed E-state index contributed by atoms with van der Waals surface area (Å²) >= 11 is 3.26. The second kappa shape index (κ2) is 2.61. The van der Waals surface area contributed by atoms with Crippen LogP contribution in [-0.2, 0) is 0 Å². The molecule has 4 heteroatoms. The van der Waals surface area contributed by atoms with Crippen molar-refractivity contribution in [3.8, 4) is 6.07 Å². The lowest BCUT2D eigenvalue weighted by Gasteiger charge is -1.88. The van der Waals surface area contributed by atoms with Crippen LogP contribution in [0.1, 0.15) is 5.69 Å². The van der Waals surface area contributed by atoms with Gasteiger partial charge in [-0.2, -0.15) is 5.26 Å². The van der Waals surface area contributed by atoms with E-state index in [0.717, 1.165) is 4.47 Å². The molecule has 0 aromatic carbocycles. The Bertz CT molecular complexity index is 469. The van der Waals surface area contributed by atoms with Gasteiger partial charge < -0.3 is 4.42 Å². The van der Waals surface area contributed by atoms with E-state index in [1.165, 1.54) is 0 Å². The van der Waals surface area contributed by atoms with Crippen LogP contribution >= 0.6 is 15.9 Å². The van der Waals surface area contributed by atoms with E-state index in [1.807, 2.05) is 6.07 Å². The van der Waals surface area contributed by atoms with Crippen LogP contribution in [-0.4, -0.2) is 4.98 Å². The maximum atomic E-state index is 8.57. The minimum absolute atomic E-state index is 0.393. The van der Waals surface area contributed by atoms with Crippen molar-refractivity contribution >= 4 is 27.0 Å². The number of fused-ring (bicyclic) bond motifs is 1. The highest BCUT2D eigenvalue weighted by molar-refractivity contribution is 9.10. The Labute approximate surface area is 76.8 Å². The van der Waals surface area contributed by atoms with E-state index in [1.54, 1.807) is 18.4 Å². The Morgan fingerprint density at radius 1 is 1.50 bits per heavy atom. The largest absolute Gasteiger partial charge is 0.461 e. The molecule has 0 bridgehead atoms. The highest BCUT2D eigenvalue weighted by Gasteiger charge is 2.04. The summed E-state index contributed by atoms with van der Waals surface area (Å²) in [4.78, 5) is 4.05. The first-order valence-corrected chi connectivity index (χ1v) is 4.04. The maximum Gasteiger partial charge on any atom is 0.153 e. The first-order chi connectivity index (χ1) is 5.81. The standard InChI is InChI=1S/C8H3BrN2O/c9-6-4-12-7-2-1-5(3-10)11-8(6)7/h1-2,4H. The smallest absolute Gasteiger partial charge is 0.153 e. The fourth-order valence-corrected chi connectivity index (χ4v) is 1.32. The fraction of sp³-hybridized carbons (Fsp3) is 0. The van der Waals surface area contributed by atoms with Gasteiger partial charge in [-0.15, -0.1) is 0 Å². The van der Waals surface area contributed by atoms with Gasteiger partial charge in [-0.3, -0.25) is 0 Å². The molecule has 0 fully saturated rings. The number of furan rings is 1. The molecule has 58 valence electrons. The van der Waals surface area contributed by atoms with E-state index in [-0.39, 0.29) is 0 Å². The van der Waals surface area contributed by atoms with Gasteiger partial charge in [-0.25, -0.2) is 4.98 Å². The molecule has 0 amide bonds. The van der Waals surface area contributed by atoms with Gasteiger partial charge in [-0.1, -0.05) is 0 Å². The quantitative estimate of drug-likeness (QED) is 0.689. The number of nitriles is 1. The maximum absolute atomic E-state index is 8.57. The molecule has 0 aliphatic rings. The normalized spacial score (nSPS) is 10.0. The van der Waals surface area contributed by atoms with Gasteiger partial charge in [0.25, 0.3) is 0 Å². The van der Waals surface area contributed by atoms with Gasteiger partial charge in [-0.05, 0) is 28.1 Å². The highest BCUT2D eigenvalue weighted by Crippen LogP contribution is 2.23. The van der Waals surface area contributed by atoms with Crippen LogP contribution in [0.4, 0.5) is 0 Å². The van der Waals surface area contributed by atoms with Crippen molar-refractivity contribution in [2.75, 3.05) is 0 Å². The molecule has 0 atom stereocenters. The first kappa shape index (κ1) is 7.32. The van der Waals surface area contributed by atoms with Crippen LogP contribution < -0.4 is 0 Å². The lowest BCUT2D eigenvalue weighted by atomic mass is 10.3. The third kappa shape index (κ3) is 0.990. The van der Waals surface area contributed by atoms with Crippen LogP contribution in [0.2, 0.25) is 0 Å². The van der Waals surface area contributed by atoms with Crippen molar-refractivity contribution in [2.45, 2.75) is 0 Å². The molecule has 0 aliphatic heterocycles. The summed E-state index contributed by atoms with van der Waals surface area (Å²) in [5, 5.41) is 8.57. The molecule has 0 saturated heterocycles. The van der Waals surface area contributed by atoms with Crippen LogP contribution in [0.15, 0.2) is 27.3 Å². The Hall–Kier alpha value is -1.34. The molecule has 0 saturated carbocycles. The monoisotopic (exact) mass is 222 g/mol. The van der Waals surface area contributed by atoms with E-state index < -0.39 is 0 Å². The number of nitrogens with zero attached hydrogens (tertiary/aromatic N) is 2. The Balaban J connectivity index is 2.82. The van der Waals surface area contributed by atoms with Crippen LogP contribution in [0, 0.1) is 11.3 Å². The first-order valence-electron chi connectivity index (χ1n) is 3.25. The summed E-state index contributed by atoms with van der Waals surface area (Å²) in [6.07, 6.45) is 1.55. The predicted molar refractivity (Wildman–Crippen MR) is 46.4 cm³/mol. The molecule has 0 N–H and O–H groups in total. The second-order valence-corrected chi connectivity index (χ2v) is 3.09. The summed E-state index contributed by atoms with van der Waals surface area (Å²) in [5.74, 6) is 0. The highest BCUT2D eigenvalue weighted by atomic mass is 79.9. The zero-order valence-corrected chi connectivity index (χ0v) is 7.50. The van der Waals surface area contributed by atoms with Gasteiger partial charge in [0.05, 0.1) is 4.47 Å². The van der Waals surface area contributed by atoms with Crippen LogP contribution in [0.5, 0.6) is 0 Å². The minimum atomic E-state index is 0.393. The van der Waals surface area contributed by atoms with Crippen LogP contribution in [0.3, 0.4) is 0 Å². The van der Waals surface area contributed by atoms with Gasteiger partial charge in [0, 0.05) is 0 Å². The number of rotatable bonds is 0. The lowest BCUT2D eigenvalue weighted by Crippen LogP contribution is -1.80. The summed E-state index contributed by atoms with van der Waals surface area (Å²) in [6.45, 7) is 0. The second-order valence-electron chi connectivity index (χ2n) is 2.24. The minimum Gasteiger partial charge on any atom is -0.461 e. The topological polar surface area (TPSA) is 49.8 Å². The van der Waals surface area contributed by atoms with E-state index in [2.05, 4.69) is 20.9 Å². The van der Waals surface area contributed by atoms with Gasteiger partial charge in [0.2, 0.25) is 0 Å². The Morgan fingerprint density at radius 3 is 3.08 bits per heavy atom. The SMILES string of the molecule is N#Cc1ccc2occ(Br)c2n1. The molecule has 12 heavy (non-hydrogen) atoms. The third-order valence-electron chi connectivity index (χ3n) is 1.49. The molecule has 2 heterocycles. The average molecular weight is 223 g/mol. The molecular formula is C8H3BrN2O. The fourth-order valence-electron chi connectivity index (χ4n) is 0.946. The van der Waals surface area contributed by atoms with Gasteiger partial charge in [0.15, 0.2) is 5.58 Å². The number of hydrogen-bond acceptors (Lipinski definition) is 3. The third-order valence-corrected chi connectivity index (χ3v) is 2.05. The molecule has 2 aromatic rings. The molecule has 3 nitrogen and oxygen atoms in total. The van der Waals surface area contributed by atoms with E-state index in [4.69, 9.17) is 9.68 Å². The summed E-state index contributed by atoms with van der Waals surface area (Å²) < 4.78 is 5.90. The zero-order chi connectivity index (χ0) is 8.55. The summed E-state index contributed by atoms with van der Waals surface area (Å²) in [6, 6.07) is 5.31. The van der Waals surface area contributed by atoms with Crippen molar-refractivity contribution in [2.24, 2.45) is 0 Å². The van der Waals surface area contributed by atoms with E-state index in [0.29, 0.717) is 16.8 Å². The van der Waals surface area contributed by atoms with E-state index in [9.17, 15) is 0 Å². The number of hydrogen-bond donors (Lipinski definition) is 0. The van der Waals surface area contributed by atoms with Crippen molar-refractivity contribution in [1.82, 2.24) is 4.98 Å². The average Bonchev–Trinajstić information content (AvgIpc) is 2.47. The Morgan fingerprint density at radius 2 is 2.33 bits per heavy atom. The van der Waals surface area contributed by atoms with Crippen molar-refractivity contribution in [1.29, 1.82) is 5.26 Å². The molecule has 2 aromatic heterocycles. The molecule has 0 unspecified atom stereocenters. The van der Waals surface area contributed by atoms with Crippen molar-refractivity contribution in [3.63, 3.8) is 0 Å². The molecule has 0 aliphatic carbocycles. The molecule has 2 rings (SSSR count). The summed E-state index contributed by atoms with van der Waals surface area (Å²) in [7, 11) is 0. The Kier molecular flexibility index (Phi) is 1.59. The zero-order valence-electron chi connectivity index (χ0n) is 5.91. The molecule has 0 spiro atoms.